The quantitative estimate of drug-likeness (QED) is 0.487. The van der Waals surface area contributed by atoms with Crippen molar-refractivity contribution in [3.05, 3.63) is 48.5 Å². The van der Waals surface area contributed by atoms with Gasteiger partial charge in [0.15, 0.2) is 15.4 Å². The van der Waals surface area contributed by atoms with Crippen molar-refractivity contribution in [2.45, 2.75) is 16.2 Å². The Bertz CT molecular complexity index is 1250. The SMILES string of the molecule is CS(=O)(=O)c1ccc(S(=O)(=O)NCCCN2CCN(c3nc4ccccc4o3)CC2)cc1. The standard InChI is InChI=1S/C21H26N4O5S2/c1-31(26,27)17-7-9-18(10-8-17)32(28,29)22-11-4-12-24-13-15-25(16-14-24)21-23-19-5-2-3-6-20(19)30-21/h2-3,5-10,22H,4,11-16H2,1H3. The van der Waals surface area contributed by atoms with Crippen LogP contribution in [-0.4, -0.2) is 72.2 Å². The second kappa shape index (κ2) is 9.18. The van der Waals surface area contributed by atoms with Crippen molar-refractivity contribution in [2.75, 3.05) is 50.4 Å². The molecule has 1 aliphatic rings. The normalized spacial score (nSPS) is 16.0. The van der Waals surface area contributed by atoms with Crippen LogP contribution in [0.1, 0.15) is 6.42 Å². The highest BCUT2D eigenvalue weighted by atomic mass is 32.2. The second-order valence-corrected chi connectivity index (χ2v) is 11.6. The van der Waals surface area contributed by atoms with Crippen molar-refractivity contribution in [1.82, 2.24) is 14.6 Å². The predicted octanol–water partition coefficient (Wildman–Crippen LogP) is 1.72. The first kappa shape index (κ1) is 22.7. The largest absolute Gasteiger partial charge is 0.423 e. The fourth-order valence-corrected chi connectivity index (χ4v) is 5.32. The molecular formula is C21H26N4O5S2. The number of para-hydroxylation sites is 2. The molecule has 0 amide bonds. The van der Waals surface area contributed by atoms with Crippen LogP contribution in [0.25, 0.3) is 11.1 Å². The zero-order valence-electron chi connectivity index (χ0n) is 17.8. The number of hydrogen-bond donors (Lipinski definition) is 1. The number of rotatable bonds is 8. The third-order valence-electron chi connectivity index (χ3n) is 5.43. The molecule has 0 aliphatic carbocycles. The number of fused-ring (bicyclic) bond motifs is 1. The number of oxazole rings is 1. The Hall–Kier alpha value is -2.47. The van der Waals surface area contributed by atoms with Gasteiger partial charge in [-0.3, -0.25) is 4.90 Å². The molecule has 1 aromatic heterocycles. The summed E-state index contributed by atoms with van der Waals surface area (Å²) in [7, 11) is -7.04. The number of aromatic nitrogens is 1. The van der Waals surface area contributed by atoms with Gasteiger partial charge in [-0.1, -0.05) is 12.1 Å². The summed E-state index contributed by atoms with van der Waals surface area (Å²) in [4.78, 5) is 9.10. The van der Waals surface area contributed by atoms with Gasteiger partial charge in [-0.05, 0) is 49.4 Å². The molecule has 1 aliphatic heterocycles. The summed E-state index contributed by atoms with van der Waals surface area (Å²) in [5, 5.41) is 0. The molecule has 0 radical (unpaired) electrons. The zero-order chi connectivity index (χ0) is 22.8. The van der Waals surface area contributed by atoms with Crippen LogP contribution in [0, 0.1) is 0 Å². The summed E-state index contributed by atoms with van der Waals surface area (Å²) in [6.45, 7) is 4.37. The topological polar surface area (TPSA) is 113 Å². The Kier molecular flexibility index (Phi) is 6.52. The molecule has 0 unspecified atom stereocenters. The van der Waals surface area contributed by atoms with Crippen LogP contribution in [0.2, 0.25) is 0 Å². The lowest BCUT2D eigenvalue weighted by Gasteiger charge is -2.33. The van der Waals surface area contributed by atoms with E-state index in [0.29, 0.717) is 19.0 Å². The van der Waals surface area contributed by atoms with E-state index in [4.69, 9.17) is 4.42 Å². The average Bonchev–Trinajstić information content (AvgIpc) is 3.21. The minimum absolute atomic E-state index is 0.0526. The third kappa shape index (κ3) is 5.29. The minimum Gasteiger partial charge on any atom is -0.423 e. The van der Waals surface area contributed by atoms with Gasteiger partial charge in [-0.2, -0.15) is 4.98 Å². The lowest BCUT2D eigenvalue weighted by atomic mass is 10.3. The molecule has 2 heterocycles. The number of piperazine rings is 1. The molecule has 1 fully saturated rings. The third-order valence-corrected chi connectivity index (χ3v) is 8.04. The fourth-order valence-electron chi connectivity index (χ4n) is 3.62. The van der Waals surface area contributed by atoms with E-state index in [1.807, 2.05) is 24.3 Å². The number of nitrogens with one attached hydrogen (secondary N) is 1. The highest BCUT2D eigenvalue weighted by Crippen LogP contribution is 2.22. The molecule has 32 heavy (non-hydrogen) atoms. The van der Waals surface area contributed by atoms with Crippen LogP contribution in [0.15, 0.2) is 62.7 Å². The predicted molar refractivity (Wildman–Crippen MR) is 122 cm³/mol. The monoisotopic (exact) mass is 478 g/mol. The summed E-state index contributed by atoms with van der Waals surface area (Å²) in [6.07, 6.45) is 1.76. The van der Waals surface area contributed by atoms with Crippen molar-refractivity contribution in [1.29, 1.82) is 0 Å². The zero-order valence-corrected chi connectivity index (χ0v) is 19.4. The van der Waals surface area contributed by atoms with Crippen molar-refractivity contribution in [2.24, 2.45) is 0 Å². The van der Waals surface area contributed by atoms with Crippen LogP contribution in [-0.2, 0) is 19.9 Å². The molecule has 0 spiro atoms. The Balaban J connectivity index is 1.22. The molecule has 0 bridgehead atoms. The van der Waals surface area contributed by atoms with E-state index < -0.39 is 19.9 Å². The summed E-state index contributed by atoms with van der Waals surface area (Å²) in [6, 6.07) is 13.6. The van der Waals surface area contributed by atoms with E-state index in [2.05, 4.69) is 19.5 Å². The van der Waals surface area contributed by atoms with Gasteiger partial charge >= 0.3 is 0 Å². The molecule has 0 saturated carbocycles. The first-order chi connectivity index (χ1) is 15.2. The van der Waals surface area contributed by atoms with E-state index in [-0.39, 0.29) is 9.79 Å². The maximum absolute atomic E-state index is 12.4. The number of anilines is 1. The van der Waals surface area contributed by atoms with Crippen LogP contribution < -0.4 is 9.62 Å². The molecule has 1 N–H and O–H groups in total. The number of sulfone groups is 1. The lowest BCUT2D eigenvalue weighted by molar-refractivity contribution is 0.251. The van der Waals surface area contributed by atoms with Crippen LogP contribution in [0.5, 0.6) is 0 Å². The van der Waals surface area contributed by atoms with E-state index in [1.54, 1.807) is 0 Å². The maximum atomic E-state index is 12.4. The molecule has 11 heteroatoms. The van der Waals surface area contributed by atoms with E-state index in [0.717, 1.165) is 50.1 Å². The van der Waals surface area contributed by atoms with Crippen molar-refractivity contribution in [3.63, 3.8) is 0 Å². The molecular weight excluding hydrogens is 452 g/mol. The Morgan fingerprint density at radius 1 is 0.938 bits per heavy atom. The molecule has 3 aromatic rings. The molecule has 2 aromatic carbocycles. The fraction of sp³-hybridized carbons (Fsp3) is 0.381. The van der Waals surface area contributed by atoms with Crippen molar-refractivity contribution < 1.29 is 21.3 Å². The molecule has 1 saturated heterocycles. The Morgan fingerprint density at radius 2 is 1.59 bits per heavy atom. The number of benzene rings is 2. The van der Waals surface area contributed by atoms with Gasteiger partial charge in [0.05, 0.1) is 9.79 Å². The van der Waals surface area contributed by atoms with Gasteiger partial charge in [0.2, 0.25) is 10.0 Å². The summed E-state index contributed by atoms with van der Waals surface area (Å²) < 4.78 is 56.3. The van der Waals surface area contributed by atoms with Gasteiger partial charge < -0.3 is 9.32 Å². The number of nitrogens with zero attached hydrogens (tertiary/aromatic N) is 3. The van der Waals surface area contributed by atoms with Gasteiger partial charge in [-0.25, -0.2) is 21.6 Å². The highest BCUT2D eigenvalue weighted by Gasteiger charge is 2.21. The first-order valence-electron chi connectivity index (χ1n) is 10.3. The van der Waals surface area contributed by atoms with E-state index in [9.17, 15) is 16.8 Å². The summed E-state index contributed by atoms with van der Waals surface area (Å²) >= 11 is 0. The lowest BCUT2D eigenvalue weighted by Crippen LogP contribution is -2.47. The number of sulfonamides is 1. The van der Waals surface area contributed by atoms with Crippen LogP contribution in [0.4, 0.5) is 6.01 Å². The highest BCUT2D eigenvalue weighted by molar-refractivity contribution is 7.90. The number of hydrogen-bond acceptors (Lipinski definition) is 8. The Morgan fingerprint density at radius 3 is 2.25 bits per heavy atom. The van der Waals surface area contributed by atoms with Gasteiger partial charge in [0.25, 0.3) is 6.01 Å². The van der Waals surface area contributed by atoms with Crippen LogP contribution in [0.3, 0.4) is 0 Å². The summed E-state index contributed by atoms with van der Waals surface area (Å²) in [5.41, 5.74) is 1.63. The van der Waals surface area contributed by atoms with Gasteiger partial charge in [0.1, 0.15) is 5.52 Å². The maximum Gasteiger partial charge on any atom is 0.298 e. The second-order valence-electron chi connectivity index (χ2n) is 7.79. The smallest absolute Gasteiger partial charge is 0.298 e. The van der Waals surface area contributed by atoms with Gasteiger partial charge in [-0.15, -0.1) is 0 Å². The summed E-state index contributed by atoms with van der Waals surface area (Å²) in [5.74, 6) is 0. The van der Waals surface area contributed by atoms with Crippen LogP contribution >= 0.6 is 0 Å². The Labute approximate surface area is 188 Å². The molecule has 4 rings (SSSR count). The van der Waals surface area contributed by atoms with Crippen molar-refractivity contribution in [3.8, 4) is 0 Å². The molecule has 0 atom stereocenters. The first-order valence-corrected chi connectivity index (χ1v) is 13.7. The van der Waals surface area contributed by atoms with Gasteiger partial charge in [0, 0.05) is 39.0 Å². The molecule has 9 nitrogen and oxygen atoms in total. The van der Waals surface area contributed by atoms with E-state index >= 15 is 0 Å². The average molecular weight is 479 g/mol. The molecule has 172 valence electrons. The minimum atomic E-state index is -3.68. The van der Waals surface area contributed by atoms with E-state index in [1.165, 1.54) is 24.3 Å². The van der Waals surface area contributed by atoms with Crippen molar-refractivity contribution >= 4 is 37.0 Å².